The SMILES string of the molecule is CCNC(=NCc1ccc(Cn2ccnc2)cc1)NCC(O)c1cc(Cl)cc(Cl)c1. The van der Waals surface area contributed by atoms with Gasteiger partial charge in [0.25, 0.3) is 0 Å². The monoisotopic (exact) mass is 445 g/mol. The smallest absolute Gasteiger partial charge is 0.191 e. The fourth-order valence-electron chi connectivity index (χ4n) is 2.93. The molecule has 0 bridgehead atoms. The molecule has 3 rings (SSSR count). The van der Waals surface area contributed by atoms with Gasteiger partial charge in [-0.3, -0.25) is 0 Å². The lowest BCUT2D eigenvalue weighted by molar-refractivity contribution is 0.181. The fourth-order valence-corrected chi connectivity index (χ4v) is 3.47. The Balaban J connectivity index is 1.57. The molecule has 0 saturated heterocycles. The highest BCUT2D eigenvalue weighted by Crippen LogP contribution is 2.23. The maximum atomic E-state index is 10.4. The van der Waals surface area contributed by atoms with E-state index in [2.05, 4.69) is 44.9 Å². The van der Waals surface area contributed by atoms with Crippen molar-refractivity contribution in [2.24, 2.45) is 4.99 Å². The predicted octanol–water partition coefficient (Wildman–Crippen LogP) is 4.03. The van der Waals surface area contributed by atoms with Gasteiger partial charge in [-0.15, -0.1) is 0 Å². The average Bonchev–Trinajstić information content (AvgIpc) is 3.23. The van der Waals surface area contributed by atoms with E-state index >= 15 is 0 Å². The zero-order valence-electron chi connectivity index (χ0n) is 16.7. The highest BCUT2D eigenvalue weighted by Gasteiger charge is 2.10. The number of nitrogens with one attached hydrogen (secondary N) is 2. The highest BCUT2D eigenvalue weighted by atomic mass is 35.5. The first kappa shape index (κ1) is 22.2. The molecule has 30 heavy (non-hydrogen) atoms. The van der Waals surface area contributed by atoms with Crippen LogP contribution in [-0.2, 0) is 13.1 Å². The van der Waals surface area contributed by atoms with Gasteiger partial charge in [0.2, 0.25) is 0 Å². The van der Waals surface area contributed by atoms with Crippen LogP contribution in [0.2, 0.25) is 10.0 Å². The molecule has 1 unspecified atom stereocenters. The fraction of sp³-hybridized carbons (Fsp3) is 0.273. The minimum absolute atomic E-state index is 0.284. The van der Waals surface area contributed by atoms with Crippen molar-refractivity contribution in [1.29, 1.82) is 0 Å². The first-order chi connectivity index (χ1) is 14.5. The molecule has 0 radical (unpaired) electrons. The second-order valence-electron chi connectivity index (χ2n) is 6.85. The number of nitrogens with zero attached hydrogens (tertiary/aromatic N) is 3. The Bertz CT molecular complexity index is 938. The molecule has 1 heterocycles. The second-order valence-corrected chi connectivity index (χ2v) is 7.72. The quantitative estimate of drug-likeness (QED) is 0.361. The number of hydrogen-bond acceptors (Lipinski definition) is 3. The van der Waals surface area contributed by atoms with Crippen LogP contribution in [0.15, 0.2) is 66.2 Å². The van der Waals surface area contributed by atoms with Crippen molar-refractivity contribution < 1.29 is 5.11 Å². The molecule has 0 fully saturated rings. The summed E-state index contributed by atoms with van der Waals surface area (Å²) in [7, 11) is 0. The number of aromatic nitrogens is 2. The number of aliphatic hydroxyl groups excluding tert-OH is 1. The minimum atomic E-state index is -0.757. The van der Waals surface area contributed by atoms with Crippen LogP contribution in [-0.4, -0.2) is 33.7 Å². The zero-order chi connectivity index (χ0) is 21.3. The number of imidazole rings is 1. The molecule has 6 nitrogen and oxygen atoms in total. The third-order valence-electron chi connectivity index (χ3n) is 4.44. The van der Waals surface area contributed by atoms with Crippen LogP contribution < -0.4 is 10.6 Å². The number of aliphatic imine (C=N–C) groups is 1. The first-order valence-electron chi connectivity index (χ1n) is 9.73. The molecule has 1 atom stereocenters. The third kappa shape index (κ3) is 6.76. The Labute approximate surface area is 186 Å². The van der Waals surface area contributed by atoms with Gasteiger partial charge in [-0.25, -0.2) is 9.98 Å². The second kappa shape index (κ2) is 11.0. The van der Waals surface area contributed by atoms with E-state index in [0.29, 0.717) is 28.1 Å². The van der Waals surface area contributed by atoms with E-state index in [-0.39, 0.29) is 6.54 Å². The lowest BCUT2D eigenvalue weighted by atomic mass is 10.1. The largest absolute Gasteiger partial charge is 0.387 e. The molecule has 8 heteroatoms. The standard InChI is InChI=1S/C22H25Cl2N5O/c1-2-26-22(28-13-21(30)18-9-19(23)11-20(24)10-18)27-12-16-3-5-17(6-4-16)14-29-8-7-25-15-29/h3-11,15,21,30H,2,12-14H2,1H3,(H2,26,27,28). The first-order valence-corrected chi connectivity index (χ1v) is 10.5. The number of hydrogen-bond donors (Lipinski definition) is 3. The number of halogens is 2. The van der Waals surface area contributed by atoms with Crippen LogP contribution >= 0.6 is 23.2 Å². The third-order valence-corrected chi connectivity index (χ3v) is 4.88. The van der Waals surface area contributed by atoms with Gasteiger partial charge < -0.3 is 20.3 Å². The molecule has 2 aromatic carbocycles. The summed E-state index contributed by atoms with van der Waals surface area (Å²) in [5.74, 6) is 0.632. The van der Waals surface area contributed by atoms with E-state index < -0.39 is 6.10 Å². The molecule has 0 amide bonds. The van der Waals surface area contributed by atoms with Gasteiger partial charge >= 0.3 is 0 Å². The van der Waals surface area contributed by atoms with Crippen LogP contribution in [0.5, 0.6) is 0 Å². The van der Waals surface area contributed by atoms with Crippen molar-refractivity contribution in [1.82, 2.24) is 20.2 Å². The Morgan fingerprint density at radius 3 is 2.43 bits per heavy atom. The molecular formula is C22H25Cl2N5O. The summed E-state index contributed by atoms with van der Waals surface area (Å²) in [5, 5.41) is 17.8. The topological polar surface area (TPSA) is 74.5 Å². The van der Waals surface area contributed by atoms with Crippen molar-refractivity contribution >= 4 is 29.2 Å². The molecule has 1 aromatic heterocycles. The van der Waals surface area contributed by atoms with Crippen LogP contribution in [0.25, 0.3) is 0 Å². The lowest BCUT2D eigenvalue weighted by Crippen LogP contribution is -2.39. The van der Waals surface area contributed by atoms with Crippen molar-refractivity contribution in [3.05, 3.63) is 87.9 Å². The van der Waals surface area contributed by atoms with Gasteiger partial charge in [-0.05, 0) is 41.8 Å². The van der Waals surface area contributed by atoms with Crippen LogP contribution in [0.1, 0.15) is 29.7 Å². The van der Waals surface area contributed by atoms with E-state index in [0.717, 1.165) is 18.7 Å². The average molecular weight is 446 g/mol. The predicted molar refractivity (Wildman–Crippen MR) is 122 cm³/mol. The van der Waals surface area contributed by atoms with Gasteiger partial charge in [0.05, 0.1) is 19.0 Å². The van der Waals surface area contributed by atoms with E-state index in [4.69, 9.17) is 23.2 Å². The maximum Gasteiger partial charge on any atom is 0.191 e. The Morgan fingerprint density at radius 2 is 1.80 bits per heavy atom. The molecule has 0 aliphatic heterocycles. The number of guanidine groups is 1. The van der Waals surface area contributed by atoms with Crippen LogP contribution in [0, 0.1) is 0 Å². The number of rotatable bonds is 8. The number of aliphatic hydroxyl groups is 1. The zero-order valence-corrected chi connectivity index (χ0v) is 18.2. The molecule has 0 saturated carbocycles. The molecular weight excluding hydrogens is 421 g/mol. The van der Waals surface area contributed by atoms with E-state index in [9.17, 15) is 5.11 Å². The summed E-state index contributed by atoms with van der Waals surface area (Å²) in [4.78, 5) is 8.67. The molecule has 0 aliphatic rings. The Kier molecular flexibility index (Phi) is 8.13. The summed E-state index contributed by atoms with van der Waals surface area (Å²) in [6.45, 7) is 4.31. The van der Waals surface area contributed by atoms with Gasteiger partial charge in [-0.1, -0.05) is 47.5 Å². The van der Waals surface area contributed by atoms with Gasteiger partial charge in [0, 0.05) is 42.1 Å². The molecule has 0 spiro atoms. The number of benzene rings is 2. The van der Waals surface area contributed by atoms with E-state index in [1.54, 1.807) is 30.7 Å². The van der Waals surface area contributed by atoms with E-state index in [1.807, 2.05) is 17.7 Å². The van der Waals surface area contributed by atoms with Crippen molar-refractivity contribution in [2.75, 3.05) is 13.1 Å². The molecule has 158 valence electrons. The Morgan fingerprint density at radius 1 is 1.10 bits per heavy atom. The van der Waals surface area contributed by atoms with Crippen molar-refractivity contribution in [3.8, 4) is 0 Å². The summed E-state index contributed by atoms with van der Waals surface area (Å²) >= 11 is 12.0. The summed E-state index contributed by atoms with van der Waals surface area (Å²) in [6, 6.07) is 13.4. The van der Waals surface area contributed by atoms with Crippen LogP contribution in [0.3, 0.4) is 0 Å². The summed E-state index contributed by atoms with van der Waals surface area (Å²) in [5.41, 5.74) is 2.96. The molecule has 3 aromatic rings. The summed E-state index contributed by atoms with van der Waals surface area (Å²) in [6.07, 6.45) is 4.76. The molecule has 0 aliphatic carbocycles. The summed E-state index contributed by atoms with van der Waals surface area (Å²) < 4.78 is 2.03. The van der Waals surface area contributed by atoms with Gasteiger partial charge in [0.1, 0.15) is 0 Å². The molecule has 3 N–H and O–H groups in total. The van der Waals surface area contributed by atoms with Crippen molar-refractivity contribution in [2.45, 2.75) is 26.1 Å². The Hall–Kier alpha value is -2.54. The van der Waals surface area contributed by atoms with Gasteiger partial charge in [-0.2, -0.15) is 0 Å². The lowest BCUT2D eigenvalue weighted by Gasteiger charge is -2.16. The highest BCUT2D eigenvalue weighted by molar-refractivity contribution is 6.34. The normalized spacial score (nSPS) is 12.6. The van der Waals surface area contributed by atoms with Gasteiger partial charge in [0.15, 0.2) is 5.96 Å². The maximum absolute atomic E-state index is 10.4. The van der Waals surface area contributed by atoms with E-state index in [1.165, 1.54) is 5.56 Å². The van der Waals surface area contributed by atoms with Crippen molar-refractivity contribution in [3.63, 3.8) is 0 Å². The minimum Gasteiger partial charge on any atom is -0.387 e. The van der Waals surface area contributed by atoms with Crippen LogP contribution in [0.4, 0.5) is 0 Å².